The molecule has 18 heavy (non-hydrogen) atoms. The van der Waals surface area contributed by atoms with E-state index in [2.05, 4.69) is 19.2 Å². The Labute approximate surface area is 111 Å². The van der Waals surface area contributed by atoms with Crippen LogP contribution in [0.4, 0.5) is 0 Å². The van der Waals surface area contributed by atoms with Crippen LogP contribution >= 0.6 is 0 Å². The number of rotatable bonds is 3. The predicted octanol–water partition coefficient (Wildman–Crippen LogP) is 2.30. The minimum Gasteiger partial charge on any atom is -0.356 e. The molecule has 5 atom stereocenters. The maximum Gasteiger partial charge on any atom is 0.223 e. The monoisotopic (exact) mass is 252 g/mol. The maximum atomic E-state index is 12.1. The Kier molecular flexibility index (Phi) is 4.66. The molecule has 2 rings (SSSR count). The predicted molar refractivity (Wildman–Crippen MR) is 74.0 cm³/mol. The van der Waals surface area contributed by atoms with Crippen molar-refractivity contribution in [3.8, 4) is 0 Å². The van der Waals surface area contributed by atoms with Crippen molar-refractivity contribution in [1.29, 1.82) is 0 Å². The first-order chi connectivity index (χ1) is 8.58. The summed E-state index contributed by atoms with van der Waals surface area (Å²) in [5, 5.41) is 3.17. The van der Waals surface area contributed by atoms with E-state index in [4.69, 9.17) is 5.73 Å². The van der Waals surface area contributed by atoms with E-state index in [9.17, 15) is 4.79 Å². The Balaban J connectivity index is 1.74. The van der Waals surface area contributed by atoms with Crippen LogP contribution in [0.3, 0.4) is 0 Å². The maximum absolute atomic E-state index is 12.1. The van der Waals surface area contributed by atoms with Crippen LogP contribution in [0, 0.1) is 23.7 Å². The van der Waals surface area contributed by atoms with E-state index in [0.717, 1.165) is 31.7 Å². The smallest absolute Gasteiger partial charge is 0.223 e. The molecule has 5 unspecified atom stereocenters. The molecule has 0 aliphatic heterocycles. The van der Waals surface area contributed by atoms with Crippen molar-refractivity contribution in [2.24, 2.45) is 29.4 Å². The van der Waals surface area contributed by atoms with E-state index in [0.29, 0.717) is 11.8 Å². The Bertz CT molecular complexity index is 292. The van der Waals surface area contributed by atoms with Crippen LogP contribution in [0.15, 0.2) is 0 Å². The summed E-state index contributed by atoms with van der Waals surface area (Å²) in [6, 6.07) is 0.208. The van der Waals surface area contributed by atoms with Crippen molar-refractivity contribution in [2.75, 3.05) is 6.54 Å². The molecule has 1 amide bonds. The van der Waals surface area contributed by atoms with Gasteiger partial charge in [-0.2, -0.15) is 0 Å². The molecule has 0 heterocycles. The molecule has 104 valence electrons. The summed E-state index contributed by atoms with van der Waals surface area (Å²) >= 11 is 0. The molecule has 2 saturated carbocycles. The summed E-state index contributed by atoms with van der Waals surface area (Å²) in [6.07, 6.45) is 6.91. The number of hydrogen-bond acceptors (Lipinski definition) is 2. The molecule has 3 N–H and O–H groups in total. The third kappa shape index (κ3) is 3.25. The van der Waals surface area contributed by atoms with Crippen molar-refractivity contribution in [1.82, 2.24) is 5.32 Å². The van der Waals surface area contributed by atoms with E-state index < -0.39 is 0 Å². The molecule has 0 saturated heterocycles. The lowest BCUT2D eigenvalue weighted by Crippen LogP contribution is -2.42. The van der Waals surface area contributed by atoms with Gasteiger partial charge in [-0.25, -0.2) is 0 Å². The first-order valence-electron chi connectivity index (χ1n) is 7.61. The van der Waals surface area contributed by atoms with E-state index >= 15 is 0 Å². The van der Waals surface area contributed by atoms with Gasteiger partial charge in [0.1, 0.15) is 0 Å². The molecule has 0 radical (unpaired) electrons. The Hall–Kier alpha value is -0.570. The van der Waals surface area contributed by atoms with Gasteiger partial charge >= 0.3 is 0 Å². The van der Waals surface area contributed by atoms with Crippen molar-refractivity contribution in [3.63, 3.8) is 0 Å². The SMILES string of the molecule is CC1CCC(C(=O)NCC2CCCC2C)CC1N. The summed E-state index contributed by atoms with van der Waals surface area (Å²) in [6.45, 7) is 5.38. The quantitative estimate of drug-likeness (QED) is 0.810. The minimum absolute atomic E-state index is 0.160. The van der Waals surface area contributed by atoms with E-state index in [1.54, 1.807) is 0 Å². The molecule has 0 aromatic heterocycles. The zero-order chi connectivity index (χ0) is 13.1. The molecule has 0 bridgehead atoms. The van der Waals surface area contributed by atoms with Crippen molar-refractivity contribution in [3.05, 3.63) is 0 Å². The van der Waals surface area contributed by atoms with Gasteiger partial charge in [-0.15, -0.1) is 0 Å². The van der Waals surface area contributed by atoms with Gasteiger partial charge in [-0.3, -0.25) is 4.79 Å². The highest BCUT2D eigenvalue weighted by Crippen LogP contribution is 2.31. The second kappa shape index (κ2) is 6.05. The lowest BCUT2D eigenvalue weighted by molar-refractivity contribution is -0.126. The molecule has 0 aromatic rings. The minimum atomic E-state index is 0.160. The van der Waals surface area contributed by atoms with Crippen molar-refractivity contribution in [2.45, 2.75) is 58.4 Å². The van der Waals surface area contributed by atoms with Crippen LogP contribution in [0.1, 0.15) is 52.4 Å². The van der Waals surface area contributed by atoms with Gasteiger partial charge in [0.05, 0.1) is 0 Å². The molecule has 3 heteroatoms. The van der Waals surface area contributed by atoms with E-state index in [-0.39, 0.29) is 17.9 Å². The highest BCUT2D eigenvalue weighted by atomic mass is 16.1. The van der Waals surface area contributed by atoms with Gasteiger partial charge < -0.3 is 11.1 Å². The fraction of sp³-hybridized carbons (Fsp3) is 0.933. The van der Waals surface area contributed by atoms with Gasteiger partial charge in [-0.05, 0) is 43.4 Å². The van der Waals surface area contributed by atoms with Crippen molar-refractivity contribution < 1.29 is 4.79 Å². The number of amides is 1. The van der Waals surface area contributed by atoms with E-state index in [1.165, 1.54) is 19.3 Å². The fourth-order valence-corrected chi connectivity index (χ4v) is 3.50. The standard InChI is InChI=1S/C15H28N2O/c1-10-4-3-5-13(10)9-17-15(18)12-7-6-11(2)14(16)8-12/h10-14H,3-9,16H2,1-2H3,(H,17,18). The second-order valence-electron chi connectivity index (χ2n) is 6.56. The van der Waals surface area contributed by atoms with Crippen LogP contribution in [0.5, 0.6) is 0 Å². The summed E-state index contributed by atoms with van der Waals surface area (Å²) in [7, 11) is 0. The van der Waals surface area contributed by atoms with Gasteiger partial charge in [0.25, 0.3) is 0 Å². The van der Waals surface area contributed by atoms with Crippen LogP contribution < -0.4 is 11.1 Å². The van der Waals surface area contributed by atoms with Crippen molar-refractivity contribution >= 4 is 5.91 Å². The average Bonchev–Trinajstić information content (AvgIpc) is 2.75. The Morgan fingerprint density at radius 2 is 1.94 bits per heavy atom. The summed E-state index contributed by atoms with van der Waals surface area (Å²) in [4.78, 5) is 12.1. The number of nitrogens with one attached hydrogen (secondary N) is 1. The summed E-state index contributed by atoms with van der Waals surface area (Å²) in [5.41, 5.74) is 6.07. The molecule has 3 nitrogen and oxygen atoms in total. The van der Waals surface area contributed by atoms with Gasteiger partial charge in [-0.1, -0.05) is 26.7 Å². The van der Waals surface area contributed by atoms with Crippen LogP contribution in [0.2, 0.25) is 0 Å². The molecular formula is C15H28N2O. The third-order valence-electron chi connectivity index (χ3n) is 5.21. The van der Waals surface area contributed by atoms with E-state index in [1.807, 2.05) is 0 Å². The van der Waals surface area contributed by atoms with Gasteiger partial charge in [0.15, 0.2) is 0 Å². The zero-order valence-electron chi connectivity index (χ0n) is 11.8. The largest absolute Gasteiger partial charge is 0.356 e. The highest BCUT2D eigenvalue weighted by Gasteiger charge is 2.30. The van der Waals surface area contributed by atoms with Crippen LogP contribution in [-0.4, -0.2) is 18.5 Å². The fourth-order valence-electron chi connectivity index (χ4n) is 3.50. The Morgan fingerprint density at radius 1 is 1.17 bits per heavy atom. The number of carbonyl (C=O) groups is 1. The topological polar surface area (TPSA) is 55.1 Å². The van der Waals surface area contributed by atoms with Crippen LogP contribution in [0.25, 0.3) is 0 Å². The first kappa shape index (κ1) is 13.9. The lowest BCUT2D eigenvalue weighted by atomic mass is 9.79. The lowest BCUT2D eigenvalue weighted by Gasteiger charge is -2.31. The second-order valence-corrected chi connectivity index (χ2v) is 6.56. The van der Waals surface area contributed by atoms with Crippen LogP contribution in [-0.2, 0) is 4.79 Å². The average molecular weight is 252 g/mol. The molecular weight excluding hydrogens is 224 g/mol. The highest BCUT2D eigenvalue weighted by molar-refractivity contribution is 5.78. The zero-order valence-corrected chi connectivity index (χ0v) is 11.8. The summed E-state index contributed by atoms with van der Waals surface area (Å²) in [5.74, 6) is 2.46. The molecule has 0 aromatic carbocycles. The number of nitrogens with two attached hydrogens (primary N) is 1. The van der Waals surface area contributed by atoms with Gasteiger partial charge in [0, 0.05) is 18.5 Å². The molecule has 2 aliphatic rings. The molecule has 2 aliphatic carbocycles. The third-order valence-corrected chi connectivity index (χ3v) is 5.21. The van der Waals surface area contributed by atoms with Gasteiger partial charge in [0.2, 0.25) is 5.91 Å². The number of carbonyl (C=O) groups excluding carboxylic acids is 1. The number of hydrogen-bond donors (Lipinski definition) is 2. The summed E-state index contributed by atoms with van der Waals surface area (Å²) < 4.78 is 0. The normalized spacial score (nSPS) is 40.7. The first-order valence-corrected chi connectivity index (χ1v) is 7.61. The Morgan fingerprint density at radius 3 is 2.56 bits per heavy atom. The molecule has 2 fully saturated rings. The molecule has 0 spiro atoms.